The lowest BCUT2D eigenvalue weighted by Crippen LogP contribution is -2.27. The lowest BCUT2D eigenvalue weighted by atomic mass is 10.1. The maximum absolute atomic E-state index is 12.4. The number of sulfone groups is 1. The zero-order valence-corrected chi connectivity index (χ0v) is 14.5. The van der Waals surface area contributed by atoms with Crippen LogP contribution in [0.4, 0.5) is 5.69 Å². The van der Waals surface area contributed by atoms with Crippen molar-refractivity contribution in [2.45, 2.75) is 23.8 Å². The van der Waals surface area contributed by atoms with E-state index in [4.69, 9.17) is 0 Å². The van der Waals surface area contributed by atoms with Crippen LogP contribution in [0, 0.1) is 0 Å². The summed E-state index contributed by atoms with van der Waals surface area (Å²) in [5.74, 6) is -0.627. The van der Waals surface area contributed by atoms with Crippen LogP contribution in [0.25, 0.3) is 0 Å². The monoisotopic (exact) mass is 358 g/mol. The van der Waals surface area contributed by atoms with Gasteiger partial charge in [-0.05, 0) is 49.2 Å². The lowest BCUT2D eigenvalue weighted by molar-refractivity contribution is 0.0952. The van der Waals surface area contributed by atoms with Gasteiger partial charge in [0.05, 0.1) is 16.1 Å². The van der Waals surface area contributed by atoms with Gasteiger partial charge in [-0.2, -0.15) is 0 Å². The van der Waals surface area contributed by atoms with Crippen LogP contribution >= 0.6 is 0 Å². The van der Waals surface area contributed by atoms with Crippen LogP contribution < -0.4 is 10.6 Å². The number of amides is 2. The maximum atomic E-state index is 12.4. The molecular weight excluding hydrogens is 340 g/mol. The van der Waals surface area contributed by atoms with E-state index < -0.39 is 15.7 Å². The van der Waals surface area contributed by atoms with E-state index in [1.807, 2.05) is 0 Å². The number of benzene rings is 2. The molecule has 0 heterocycles. The second-order valence-electron chi connectivity index (χ2n) is 6.04. The van der Waals surface area contributed by atoms with Gasteiger partial charge < -0.3 is 10.6 Å². The summed E-state index contributed by atoms with van der Waals surface area (Å²) in [5, 5.41) is 5.60. The molecule has 25 heavy (non-hydrogen) atoms. The second-order valence-corrected chi connectivity index (χ2v) is 8.06. The Morgan fingerprint density at radius 1 is 0.960 bits per heavy atom. The normalized spacial score (nSPS) is 14.0. The summed E-state index contributed by atoms with van der Waals surface area (Å²) in [7, 11) is -3.31. The van der Waals surface area contributed by atoms with Crippen molar-refractivity contribution in [1.29, 1.82) is 0 Å². The van der Waals surface area contributed by atoms with Crippen molar-refractivity contribution in [2.75, 3.05) is 11.6 Å². The standard InChI is InChI=1S/C18H18N2O4S/c1-25(23,24)14-10-6-12(7-11-14)17(21)20-16-5-3-2-4-15(16)18(22)19-13-8-9-13/h2-7,10-11,13H,8-9H2,1H3,(H,19,22)(H,20,21). The summed E-state index contributed by atoms with van der Waals surface area (Å²) >= 11 is 0. The predicted octanol–water partition coefficient (Wildman–Crippen LogP) is 2.23. The van der Waals surface area contributed by atoms with Crippen LogP contribution in [0.2, 0.25) is 0 Å². The summed E-state index contributed by atoms with van der Waals surface area (Å²) in [6.45, 7) is 0. The smallest absolute Gasteiger partial charge is 0.255 e. The van der Waals surface area contributed by atoms with Gasteiger partial charge in [0.2, 0.25) is 0 Å². The van der Waals surface area contributed by atoms with E-state index in [2.05, 4.69) is 10.6 Å². The average molecular weight is 358 g/mol. The van der Waals surface area contributed by atoms with E-state index in [1.165, 1.54) is 24.3 Å². The molecule has 0 spiro atoms. The molecule has 130 valence electrons. The molecular formula is C18H18N2O4S. The minimum atomic E-state index is -3.31. The first-order valence-corrected chi connectivity index (χ1v) is 9.75. The molecule has 0 atom stereocenters. The number of carbonyl (C=O) groups is 2. The molecule has 2 amide bonds. The fourth-order valence-electron chi connectivity index (χ4n) is 2.33. The van der Waals surface area contributed by atoms with E-state index in [0.29, 0.717) is 16.8 Å². The number of para-hydroxylation sites is 1. The molecule has 1 fully saturated rings. The molecule has 1 aliphatic rings. The Balaban J connectivity index is 1.77. The molecule has 0 saturated heterocycles. The van der Waals surface area contributed by atoms with Crippen molar-refractivity contribution in [3.63, 3.8) is 0 Å². The van der Waals surface area contributed by atoms with Crippen LogP contribution in [0.5, 0.6) is 0 Å². The molecule has 7 heteroatoms. The SMILES string of the molecule is CS(=O)(=O)c1ccc(C(=O)Nc2ccccc2C(=O)NC2CC2)cc1. The molecule has 0 aliphatic heterocycles. The Bertz CT molecular complexity index is 916. The molecule has 1 aliphatic carbocycles. The topological polar surface area (TPSA) is 92.3 Å². The zero-order valence-electron chi connectivity index (χ0n) is 13.7. The Morgan fingerprint density at radius 3 is 2.20 bits per heavy atom. The zero-order chi connectivity index (χ0) is 18.0. The summed E-state index contributed by atoms with van der Waals surface area (Å²) < 4.78 is 22.9. The van der Waals surface area contributed by atoms with Crippen molar-refractivity contribution >= 4 is 27.3 Å². The van der Waals surface area contributed by atoms with Crippen molar-refractivity contribution in [3.05, 3.63) is 59.7 Å². The molecule has 0 unspecified atom stereocenters. The first kappa shape index (κ1) is 17.2. The number of carbonyl (C=O) groups excluding carboxylic acids is 2. The number of anilines is 1. The summed E-state index contributed by atoms with van der Waals surface area (Å²) in [6, 6.07) is 12.7. The van der Waals surface area contributed by atoms with Gasteiger partial charge in [0.25, 0.3) is 11.8 Å². The summed E-state index contributed by atoms with van der Waals surface area (Å²) in [6.07, 6.45) is 3.07. The minimum Gasteiger partial charge on any atom is -0.349 e. The third kappa shape index (κ3) is 4.24. The quantitative estimate of drug-likeness (QED) is 0.857. The maximum Gasteiger partial charge on any atom is 0.255 e. The van der Waals surface area contributed by atoms with Gasteiger partial charge in [0.1, 0.15) is 0 Å². The van der Waals surface area contributed by atoms with Crippen molar-refractivity contribution in [1.82, 2.24) is 5.32 Å². The highest BCUT2D eigenvalue weighted by atomic mass is 32.2. The molecule has 1 saturated carbocycles. The molecule has 2 aromatic carbocycles. The number of hydrogen-bond acceptors (Lipinski definition) is 4. The molecule has 0 bridgehead atoms. The van der Waals surface area contributed by atoms with Crippen LogP contribution in [0.1, 0.15) is 33.6 Å². The highest BCUT2D eigenvalue weighted by molar-refractivity contribution is 7.90. The largest absolute Gasteiger partial charge is 0.349 e. The van der Waals surface area contributed by atoms with Crippen LogP contribution in [0.15, 0.2) is 53.4 Å². The van der Waals surface area contributed by atoms with E-state index >= 15 is 0 Å². The van der Waals surface area contributed by atoms with Crippen LogP contribution in [0.3, 0.4) is 0 Å². The van der Waals surface area contributed by atoms with Gasteiger partial charge in [-0.15, -0.1) is 0 Å². The molecule has 0 radical (unpaired) electrons. The molecule has 2 aromatic rings. The first-order valence-electron chi connectivity index (χ1n) is 7.86. The van der Waals surface area contributed by atoms with Crippen LogP contribution in [-0.4, -0.2) is 32.5 Å². The van der Waals surface area contributed by atoms with Crippen molar-refractivity contribution in [3.8, 4) is 0 Å². The fraction of sp³-hybridized carbons (Fsp3) is 0.222. The van der Waals surface area contributed by atoms with E-state index in [9.17, 15) is 18.0 Å². The second kappa shape index (κ2) is 6.68. The predicted molar refractivity (Wildman–Crippen MR) is 94.4 cm³/mol. The first-order chi connectivity index (χ1) is 11.8. The Hall–Kier alpha value is -2.67. The van der Waals surface area contributed by atoms with E-state index in [1.54, 1.807) is 24.3 Å². The Kier molecular flexibility index (Phi) is 4.59. The van der Waals surface area contributed by atoms with E-state index in [-0.39, 0.29) is 16.8 Å². The molecule has 3 rings (SSSR count). The average Bonchev–Trinajstić information content (AvgIpc) is 3.38. The summed E-state index contributed by atoms with van der Waals surface area (Å²) in [4.78, 5) is 24.8. The molecule has 6 nitrogen and oxygen atoms in total. The number of hydrogen-bond donors (Lipinski definition) is 2. The summed E-state index contributed by atoms with van der Waals surface area (Å²) in [5.41, 5.74) is 1.12. The van der Waals surface area contributed by atoms with Gasteiger partial charge in [0.15, 0.2) is 9.84 Å². The van der Waals surface area contributed by atoms with Crippen molar-refractivity contribution in [2.24, 2.45) is 0 Å². The number of nitrogens with one attached hydrogen (secondary N) is 2. The van der Waals surface area contributed by atoms with Gasteiger partial charge in [-0.1, -0.05) is 12.1 Å². The third-order valence-corrected chi connectivity index (χ3v) is 5.01. The van der Waals surface area contributed by atoms with Gasteiger partial charge >= 0.3 is 0 Å². The Labute approximate surface area is 146 Å². The highest BCUT2D eigenvalue weighted by Gasteiger charge is 2.25. The number of rotatable bonds is 5. The van der Waals surface area contributed by atoms with Gasteiger partial charge in [-0.3, -0.25) is 9.59 Å². The van der Waals surface area contributed by atoms with E-state index in [0.717, 1.165) is 19.1 Å². The van der Waals surface area contributed by atoms with Gasteiger partial charge in [-0.25, -0.2) is 8.42 Å². The Morgan fingerprint density at radius 2 is 1.60 bits per heavy atom. The molecule has 2 N–H and O–H groups in total. The van der Waals surface area contributed by atoms with Crippen molar-refractivity contribution < 1.29 is 18.0 Å². The fourth-order valence-corrected chi connectivity index (χ4v) is 2.96. The molecule has 0 aromatic heterocycles. The van der Waals surface area contributed by atoms with Crippen LogP contribution in [-0.2, 0) is 9.84 Å². The lowest BCUT2D eigenvalue weighted by Gasteiger charge is -2.11. The third-order valence-electron chi connectivity index (χ3n) is 3.88. The minimum absolute atomic E-state index is 0.147. The van der Waals surface area contributed by atoms with Gasteiger partial charge in [0, 0.05) is 17.9 Å². The highest BCUT2D eigenvalue weighted by Crippen LogP contribution is 2.22.